The van der Waals surface area contributed by atoms with Crippen LogP contribution < -0.4 is 10.6 Å². The summed E-state index contributed by atoms with van der Waals surface area (Å²) in [5.41, 5.74) is 5.64. The number of urea groups is 1. The third kappa shape index (κ3) is 7.06. The van der Waals surface area contributed by atoms with Crippen molar-refractivity contribution in [2.75, 3.05) is 18.5 Å². The molecule has 0 aliphatic rings. The number of nitrogens with zero attached hydrogens (tertiary/aromatic N) is 2. The van der Waals surface area contributed by atoms with Crippen molar-refractivity contribution in [2.45, 2.75) is 12.6 Å². The van der Waals surface area contributed by atoms with Gasteiger partial charge in [-0.05, 0) is 47.4 Å². The summed E-state index contributed by atoms with van der Waals surface area (Å²) in [5, 5.41) is 20.3. The van der Waals surface area contributed by atoms with Crippen LogP contribution in [0.1, 0.15) is 5.56 Å². The van der Waals surface area contributed by atoms with Crippen molar-refractivity contribution in [3.8, 4) is 22.4 Å². The van der Waals surface area contributed by atoms with Crippen molar-refractivity contribution in [1.29, 1.82) is 0 Å². The third-order valence-electron chi connectivity index (χ3n) is 5.04. The average Bonchev–Trinajstić information content (AvgIpc) is 3.27. The number of carboxylic acid groups (broad SMARTS) is 1. The van der Waals surface area contributed by atoms with Crippen molar-refractivity contribution in [1.82, 2.24) is 14.7 Å². The lowest BCUT2D eigenvalue weighted by Gasteiger charge is -2.11. The Morgan fingerprint density at radius 2 is 1.72 bits per heavy atom. The number of anilines is 1. The summed E-state index contributed by atoms with van der Waals surface area (Å²) in [4.78, 5) is 24.6. The van der Waals surface area contributed by atoms with E-state index in [4.69, 9.17) is 9.90 Å². The lowest BCUT2D eigenvalue weighted by molar-refractivity contribution is -0.123. The van der Waals surface area contributed by atoms with Crippen LogP contribution in [0, 0.1) is 0 Å². The lowest BCUT2D eigenvalue weighted by Crippen LogP contribution is -2.36. The SMILES string of the molecule is O=C(NCC(F)(F)F)Nc1cccc(-c2cnc3cc(-c4cccc(CCO)c4)ccn23)c1.O=CO. The van der Waals surface area contributed by atoms with E-state index in [9.17, 15) is 23.1 Å². The minimum Gasteiger partial charge on any atom is -0.483 e. The maximum absolute atomic E-state index is 12.3. The van der Waals surface area contributed by atoms with Crippen LogP contribution in [0.3, 0.4) is 0 Å². The number of nitrogens with one attached hydrogen (secondary N) is 2. The van der Waals surface area contributed by atoms with Crippen molar-refractivity contribution in [3.63, 3.8) is 0 Å². The van der Waals surface area contributed by atoms with Crippen LogP contribution in [-0.4, -0.2) is 51.4 Å². The average molecular weight is 500 g/mol. The first kappa shape index (κ1) is 26.2. The molecule has 0 fully saturated rings. The largest absolute Gasteiger partial charge is 0.483 e. The van der Waals surface area contributed by atoms with E-state index in [2.05, 4.69) is 10.3 Å². The van der Waals surface area contributed by atoms with E-state index in [0.717, 1.165) is 33.6 Å². The number of fused-ring (bicyclic) bond motifs is 1. The summed E-state index contributed by atoms with van der Waals surface area (Å²) in [6, 6.07) is 17.7. The number of carbonyl (C=O) groups excluding carboxylic acids is 1. The van der Waals surface area contributed by atoms with E-state index < -0.39 is 18.8 Å². The van der Waals surface area contributed by atoms with Crippen molar-refractivity contribution < 1.29 is 33.0 Å². The third-order valence-corrected chi connectivity index (χ3v) is 5.04. The Hall–Kier alpha value is -4.38. The van der Waals surface area contributed by atoms with Gasteiger partial charge in [0.05, 0.1) is 11.9 Å². The molecular weight excluding hydrogens is 477 g/mol. The van der Waals surface area contributed by atoms with Crippen LogP contribution >= 0.6 is 0 Å². The molecule has 0 unspecified atom stereocenters. The number of amides is 2. The molecule has 0 atom stereocenters. The van der Waals surface area contributed by atoms with E-state index in [1.165, 1.54) is 0 Å². The number of halogens is 3. The van der Waals surface area contributed by atoms with Gasteiger partial charge in [0.15, 0.2) is 0 Å². The Morgan fingerprint density at radius 1 is 1.03 bits per heavy atom. The van der Waals surface area contributed by atoms with E-state index in [1.54, 1.807) is 29.7 Å². The molecule has 2 heterocycles. The number of alkyl halides is 3. The highest BCUT2D eigenvalue weighted by Gasteiger charge is 2.27. The molecule has 0 radical (unpaired) electrons. The molecule has 8 nitrogen and oxygen atoms in total. The number of rotatable bonds is 6. The molecule has 2 aromatic heterocycles. The second kappa shape index (κ2) is 11.8. The molecule has 2 aromatic carbocycles. The summed E-state index contributed by atoms with van der Waals surface area (Å²) >= 11 is 0. The van der Waals surface area contributed by atoms with Gasteiger partial charge < -0.3 is 20.8 Å². The van der Waals surface area contributed by atoms with Crippen LogP contribution in [0.4, 0.5) is 23.7 Å². The molecule has 0 saturated carbocycles. The molecule has 2 amide bonds. The molecule has 4 N–H and O–H groups in total. The minimum atomic E-state index is -4.48. The van der Waals surface area contributed by atoms with Crippen LogP contribution in [-0.2, 0) is 11.2 Å². The van der Waals surface area contributed by atoms with Gasteiger partial charge in [0.1, 0.15) is 12.2 Å². The monoisotopic (exact) mass is 500 g/mol. The Balaban J connectivity index is 0.00000115. The Kier molecular flexibility index (Phi) is 8.63. The second-order valence-corrected chi connectivity index (χ2v) is 7.57. The molecule has 0 spiro atoms. The zero-order chi connectivity index (χ0) is 26.1. The molecule has 0 bridgehead atoms. The van der Waals surface area contributed by atoms with Gasteiger partial charge in [0.2, 0.25) is 0 Å². The van der Waals surface area contributed by atoms with Crippen LogP contribution in [0.2, 0.25) is 0 Å². The zero-order valence-electron chi connectivity index (χ0n) is 18.9. The fourth-order valence-corrected chi connectivity index (χ4v) is 3.52. The number of benzene rings is 2. The fourth-order valence-electron chi connectivity index (χ4n) is 3.52. The standard InChI is InChI=1S/C24H21F3N4O2.CH2O2/c25-24(26,27)15-29-23(33)30-20-6-2-5-19(12-20)21-14-28-22-13-18(7-9-31(21)22)17-4-1-3-16(11-17)8-10-32;2-1-3/h1-7,9,11-14,32H,8,10,15H2,(H2,29,30,33);1H,(H,2,3). The van der Waals surface area contributed by atoms with Gasteiger partial charge in [0.25, 0.3) is 6.47 Å². The number of aliphatic hydroxyl groups is 1. The van der Waals surface area contributed by atoms with Gasteiger partial charge in [-0.2, -0.15) is 13.2 Å². The molecule has 4 rings (SSSR count). The first-order chi connectivity index (χ1) is 17.2. The second-order valence-electron chi connectivity index (χ2n) is 7.57. The number of aromatic nitrogens is 2. The first-order valence-corrected chi connectivity index (χ1v) is 10.7. The molecule has 4 aromatic rings. The summed E-state index contributed by atoms with van der Waals surface area (Å²) < 4.78 is 38.7. The van der Waals surface area contributed by atoms with E-state index in [-0.39, 0.29) is 13.1 Å². The molecule has 188 valence electrons. The molecular formula is C25H23F3N4O4. The smallest absolute Gasteiger partial charge is 0.405 e. The topological polar surface area (TPSA) is 116 Å². The van der Waals surface area contributed by atoms with Crippen LogP contribution in [0.5, 0.6) is 0 Å². The number of hydrogen-bond donors (Lipinski definition) is 4. The van der Waals surface area contributed by atoms with E-state index in [0.29, 0.717) is 12.1 Å². The highest BCUT2D eigenvalue weighted by atomic mass is 19.4. The zero-order valence-corrected chi connectivity index (χ0v) is 18.9. The highest BCUT2D eigenvalue weighted by molar-refractivity contribution is 5.90. The molecule has 0 aliphatic heterocycles. The maximum Gasteiger partial charge on any atom is 0.405 e. The fraction of sp³-hybridized carbons (Fsp3) is 0.160. The quantitative estimate of drug-likeness (QED) is 0.289. The van der Waals surface area contributed by atoms with Gasteiger partial charge in [-0.15, -0.1) is 0 Å². The van der Waals surface area contributed by atoms with Crippen molar-refractivity contribution in [2.24, 2.45) is 0 Å². The van der Waals surface area contributed by atoms with E-state index >= 15 is 0 Å². The summed E-state index contributed by atoms with van der Waals surface area (Å²) in [6.07, 6.45) is -0.303. The summed E-state index contributed by atoms with van der Waals surface area (Å²) in [7, 11) is 0. The molecule has 11 heteroatoms. The van der Waals surface area contributed by atoms with E-state index in [1.807, 2.05) is 53.1 Å². The predicted octanol–water partition coefficient (Wildman–Crippen LogP) is 4.59. The van der Waals surface area contributed by atoms with Crippen molar-refractivity contribution >= 4 is 23.8 Å². The summed E-state index contributed by atoms with van der Waals surface area (Å²) in [5.74, 6) is 0. The Bertz CT molecular complexity index is 1340. The predicted molar refractivity (Wildman–Crippen MR) is 129 cm³/mol. The highest BCUT2D eigenvalue weighted by Crippen LogP contribution is 2.27. The van der Waals surface area contributed by atoms with Gasteiger partial charge in [-0.1, -0.05) is 36.4 Å². The molecule has 36 heavy (non-hydrogen) atoms. The normalized spacial score (nSPS) is 10.9. The van der Waals surface area contributed by atoms with Gasteiger partial charge in [-0.25, -0.2) is 9.78 Å². The van der Waals surface area contributed by atoms with Crippen molar-refractivity contribution in [3.05, 3.63) is 78.6 Å². The maximum atomic E-state index is 12.3. The molecule has 0 aliphatic carbocycles. The van der Waals surface area contributed by atoms with Gasteiger partial charge in [0, 0.05) is 24.1 Å². The number of imidazole rings is 1. The van der Waals surface area contributed by atoms with Gasteiger partial charge >= 0.3 is 12.2 Å². The van der Waals surface area contributed by atoms with Gasteiger partial charge in [-0.3, -0.25) is 9.20 Å². The number of carbonyl (C=O) groups is 2. The van der Waals surface area contributed by atoms with Crippen LogP contribution in [0.15, 0.2) is 73.1 Å². The number of pyridine rings is 1. The number of aliphatic hydroxyl groups excluding tert-OH is 1. The Labute approximate surface area is 204 Å². The Morgan fingerprint density at radius 3 is 2.44 bits per heavy atom. The van der Waals surface area contributed by atoms with Crippen LogP contribution in [0.25, 0.3) is 28.0 Å². The lowest BCUT2D eigenvalue weighted by atomic mass is 10.0. The molecule has 0 saturated heterocycles. The summed E-state index contributed by atoms with van der Waals surface area (Å²) in [6.45, 7) is -1.57. The number of hydrogen-bond acceptors (Lipinski definition) is 4. The minimum absolute atomic E-state index is 0.0873. The first-order valence-electron chi connectivity index (χ1n) is 10.7.